The Morgan fingerprint density at radius 1 is 1.31 bits per heavy atom. The second-order valence-electron chi connectivity index (χ2n) is 4.46. The highest BCUT2D eigenvalue weighted by Crippen LogP contribution is 2.22. The van der Waals surface area contributed by atoms with Crippen LogP contribution in [0.15, 0.2) is 35.3 Å². The Kier molecular flexibility index (Phi) is 2.44. The first kappa shape index (κ1) is 10.7. The van der Waals surface area contributed by atoms with Gasteiger partial charge >= 0.3 is 5.69 Å². The van der Waals surface area contributed by atoms with E-state index in [1.54, 1.807) is 6.20 Å². The summed E-state index contributed by atoms with van der Waals surface area (Å²) in [5, 5.41) is 0. The fourth-order valence-electron chi connectivity index (χ4n) is 1.58. The molecule has 0 fully saturated rings. The van der Waals surface area contributed by atoms with Crippen LogP contribution >= 0.6 is 0 Å². The second-order valence-corrected chi connectivity index (χ2v) is 4.46. The van der Waals surface area contributed by atoms with Gasteiger partial charge in [-0.15, -0.1) is 0 Å². The zero-order chi connectivity index (χ0) is 11.8. The molecule has 2 rings (SSSR count). The van der Waals surface area contributed by atoms with E-state index in [1.807, 2.05) is 38.1 Å². The number of hydrogen-bond donors (Lipinski definition) is 3. The lowest BCUT2D eigenvalue weighted by molar-refractivity contribution is 0.554. The van der Waals surface area contributed by atoms with E-state index in [9.17, 15) is 4.79 Å². The van der Waals surface area contributed by atoms with Crippen LogP contribution in [0.2, 0.25) is 0 Å². The van der Waals surface area contributed by atoms with Crippen molar-refractivity contribution in [3.8, 4) is 11.3 Å². The van der Waals surface area contributed by atoms with Gasteiger partial charge in [-0.05, 0) is 31.0 Å². The zero-order valence-corrected chi connectivity index (χ0v) is 9.37. The summed E-state index contributed by atoms with van der Waals surface area (Å²) >= 11 is 0. The highest BCUT2D eigenvalue weighted by Gasteiger charge is 2.14. The summed E-state index contributed by atoms with van der Waals surface area (Å²) in [7, 11) is 0. The molecule has 0 unspecified atom stereocenters. The zero-order valence-electron chi connectivity index (χ0n) is 9.37. The fraction of sp³-hybridized carbons (Fsp3) is 0.250. The van der Waals surface area contributed by atoms with E-state index in [0.29, 0.717) is 0 Å². The topological polar surface area (TPSA) is 74.7 Å². The average molecular weight is 217 g/mol. The first-order chi connectivity index (χ1) is 7.47. The van der Waals surface area contributed by atoms with Gasteiger partial charge in [0.1, 0.15) is 0 Å². The molecule has 16 heavy (non-hydrogen) atoms. The van der Waals surface area contributed by atoms with Crippen molar-refractivity contribution in [2.24, 2.45) is 5.73 Å². The minimum atomic E-state index is -0.382. The molecular weight excluding hydrogens is 202 g/mol. The van der Waals surface area contributed by atoms with E-state index in [1.165, 1.54) is 0 Å². The first-order valence-electron chi connectivity index (χ1n) is 5.14. The molecular formula is C12H15N3O. The molecule has 0 spiro atoms. The summed E-state index contributed by atoms with van der Waals surface area (Å²) in [6, 6.07) is 7.84. The van der Waals surface area contributed by atoms with E-state index < -0.39 is 0 Å². The summed E-state index contributed by atoms with van der Waals surface area (Å²) in [4.78, 5) is 16.3. The standard InChI is InChI=1S/C12H15N3O/c1-12(2,13)9-5-3-4-8(6-9)10-7-14-11(16)15-10/h3-7H,13H2,1-2H3,(H2,14,15,16). The molecule has 1 aromatic heterocycles. The number of benzene rings is 1. The smallest absolute Gasteiger partial charge is 0.322 e. The van der Waals surface area contributed by atoms with Gasteiger partial charge in [-0.2, -0.15) is 0 Å². The third-order valence-corrected chi connectivity index (χ3v) is 2.51. The Hall–Kier alpha value is -1.81. The minimum absolute atomic E-state index is 0.201. The summed E-state index contributed by atoms with van der Waals surface area (Å²) in [5.74, 6) is 0. The molecule has 0 saturated heterocycles. The lowest BCUT2D eigenvalue weighted by Crippen LogP contribution is -2.28. The molecule has 2 aromatic rings. The third kappa shape index (κ3) is 2.06. The molecule has 1 heterocycles. The van der Waals surface area contributed by atoms with Crippen molar-refractivity contribution < 1.29 is 0 Å². The van der Waals surface area contributed by atoms with Crippen LogP contribution < -0.4 is 11.4 Å². The van der Waals surface area contributed by atoms with Crippen LogP contribution in [-0.2, 0) is 5.54 Å². The van der Waals surface area contributed by atoms with Crippen molar-refractivity contribution in [3.63, 3.8) is 0 Å². The molecule has 4 heteroatoms. The number of nitrogens with one attached hydrogen (secondary N) is 2. The quantitative estimate of drug-likeness (QED) is 0.714. The SMILES string of the molecule is CC(C)(N)c1cccc(-c2c[nH]c(=O)[nH]2)c1. The van der Waals surface area contributed by atoms with Gasteiger partial charge in [0.05, 0.1) is 5.69 Å². The number of aromatic amines is 2. The predicted octanol–water partition coefficient (Wildman–Crippen LogP) is 1.56. The molecule has 4 N–H and O–H groups in total. The van der Waals surface area contributed by atoms with Gasteiger partial charge < -0.3 is 15.7 Å². The predicted molar refractivity (Wildman–Crippen MR) is 64.1 cm³/mol. The molecule has 0 bridgehead atoms. The van der Waals surface area contributed by atoms with Crippen molar-refractivity contribution in [1.82, 2.24) is 9.97 Å². The van der Waals surface area contributed by atoms with Crippen molar-refractivity contribution >= 4 is 0 Å². The normalized spacial score (nSPS) is 11.7. The fourth-order valence-corrected chi connectivity index (χ4v) is 1.58. The highest BCUT2D eigenvalue weighted by atomic mass is 16.1. The van der Waals surface area contributed by atoms with Gasteiger partial charge in [0.15, 0.2) is 0 Å². The van der Waals surface area contributed by atoms with Crippen LogP contribution in [0.25, 0.3) is 11.3 Å². The minimum Gasteiger partial charge on any atom is -0.322 e. The van der Waals surface area contributed by atoms with Crippen LogP contribution in [-0.4, -0.2) is 9.97 Å². The molecule has 0 aliphatic heterocycles. The Labute approximate surface area is 93.5 Å². The first-order valence-corrected chi connectivity index (χ1v) is 5.14. The second kappa shape index (κ2) is 3.64. The van der Waals surface area contributed by atoms with Gasteiger partial charge in [-0.25, -0.2) is 4.79 Å². The van der Waals surface area contributed by atoms with Crippen molar-refractivity contribution in [2.45, 2.75) is 19.4 Å². The molecule has 0 radical (unpaired) electrons. The van der Waals surface area contributed by atoms with E-state index >= 15 is 0 Å². The van der Waals surface area contributed by atoms with E-state index in [-0.39, 0.29) is 11.2 Å². The van der Waals surface area contributed by atoms with Crippen molar-refractivity contribution in [3.05, 3.63) is 46.5 Å². The Morgan fingerprint density at radius 2 is 2.06 bits per heavy atom. The summed E-state index contributed by atoms with van der Waals surface area (Å²) < 4.78 is 0. The summed E-state index contributed by atoms with van der Waals surface area (Å²) in [6.45, 7) is 3.90. The number of aromatic nitrogens is 2. The van der Waals surface area contributed by atoms with E-state index in [0.717, 1.165) is 16.8 Å². The number of nitrogens with two attached hydrogens (primary N) is 1. The van der Waals surface area contributed by atoms with Crippen LogP contribution in [0.3, 0.4) is 0 Å². The number of H-pyrrole nitrogens is 2. The van der Waals surface area contributed by atoms with E-state index in [2.05, 4.69) is 9.97 Å². The molecule has 4 nitrogen and oxygen atoms in total. The van der Waals surface area contributed by atoms with Crippen LogP contribution in [0.4, 0.5) is 0 Å². The number of rotatable bonds is 2. The average Bonchev–Trinajstić information content (AvgIpc) is 2.64. The van der Waals surface area contributed by atoms with Gasteiger partial charge in [-0.3, -0.25) is 0 Å². The lowest BCUT2D eigenvalue weighted by Gasteiger charge is -2.19. The Morgan fingerprint density at radius 3 is 2.62 bits per heavy atom. The maximum atomic E-state index is 11.0. The van der Waals surface area contributed by atoms with Crippen LogP contribution in [0.1, 0.15) is 19.4 Å². The van der Waals surface area contributed by atoms with Gasteiger partial charge in [0.25, 0.3) is 0 Å². The van der Waals surface area contributed by atoms with Crippen LogP contribution in [0.5, 0.6) is 0 Å². The molecule has 0 aliphatic carbocycles. The van der Waals surface area contributed by atoms with Gasteiger partial charge in [0.2, 0.25) is 0 Å². The van der Waals surface area contributed by atoms with Crippen molar-refractivity contribution in [2.75, 3.05) is 0 Å². The molecule has 0 saturated carbocycles. The number of hydrogen-bond acceptors (Lipinski definition) is 2. The number of imidazole rings is 1. The molecule has 1 aromatic carbocycles. The highest BCUT2D eigenvalue weighted by molar-refractivity contribution is 5.59. The van der Waals surface area contributed by atoms with Gasteiger partial charge in [-0.1, -0.05) is 18.2 Å². The maximum absolute atomic E-state index is 11.0. The molecule has 0 atom stereocenters. The maximum Gasteiger partial charge on any atom is 0.323 e. The molecule has 0 aliphatic rings. The molecule has 84 valence electrons. The molecule has 0 amide bonds. The largest absolute Gasteiger partial charge is 0.323 e. The third-order valence-electron chi connectivity index (χ3n) is 2.51. The van der Waals surface area contributed by atoms with Crippen molar-refractivity contribution in [1.29, 1.82) is 0 Å². The summed E-state index contributed by atoms with van der Waals surface area (Å²) in [5.41, 5.74) is 8.21. The van der Waals surface area contributed by atoms with Gasteiger partial charge in [0, 0.05) is 11.7 Å². The van der Waals surface area contributed by atoms with E-state index in [4.69, 9.17) is 5.73 Å². The Balaban J connectivity index is 2.48. The van der Waals surface area contributed by atoms with Crippen LogP contribution in [0, 0.1) is 0 Å². The lowest BCUT2D eigenvalue weighted by atomic mass is 9.93. The summed E-state index contributed by atoms with van der Waals surface area (Å²) in [6.07, 6.45) is 1.66. The monoisotopic (exact) mass is 217 g/mol. The Bertz CT molecular complexity index is 546.